The molecule has 0 aliphatic rings. The van der Waals surface area contributed by atoms with Crippen LogP contribution in [0.5, 0.6) is 0 Å². The number of pyridine rings is 1. The first-order valence-corrected chi connectivity index (χ1v) is 7.37. The van der Waals surface area contributed by atoms with Gasteiger partial charge in [-0.1, -0.05) is 18.5 Å². The topological polar surface area (TPSA) is 29.3 Å². The summed E-state index contributed by atoms with van der Waals surface area (Å²) in [6, 6.07) is 10.2. The average molecular weight is 340 g/mol. The van der Waals surface area contributed by atoms with Gasteiger partial charge in [-0.05, 0) is 48.9 Å². The van der Waals surface area contributed by atoms with Crippen LogP contribution in [0.3, 0.4) is 0 Å². The average Bonchev–Trinajstić information content (AvgIpc) is 2.95. The zero-order chi connectivity index (χ0) is 16.6. The Bertz CT molecular complexity index is 838. The summed E-state index contributed by atoms with van der Waals surface area (Å²) in [6.07, 6.45) is -3.58. The number of hydrogen-bond acceptors (Lipinski definition) is 2. The molecule has 120 valence electrons. The summed E-state index contributed by atoms with van der Waals surface area (Å²) in [5.74, 6) is 0.629. The lowest BCUT2D eigenvalue weighted by Crippen LogP contribution is -2.05. The summed E-state index contributed by atoms with van der Waals surface area (Å²) in [4.78, 5) is 0. The number of benzene rings is 1. The summed E-state index contributed by atoms with van der Waals surface area (Å²) < 4.78 is 39.4. The molecule has 0 aliphatic heterocycles. The van der Waals surface area contributed by atoms with E-state index in [1.54, 1.807) is 16.6 Å². The molecule has 1 aromatic carbocycles. The van der Waals surface area contributed by atoms with E-state index in [1.807, 2.05) is 13.0 Å². The van der Waals surface area contributed by atoms with Gasteiger partial charge in [-0.15, -0.1) is 0 Å². The Morgan fingerprint density at radius 2 is 1.83 bits per heavy atom. The van der Waals surface area contributed by atoms with Gasteiger partial charge in [-0.2, -0.15) is 18.3 Å². The molecule has 2 heterocycles. The molecule has 0 radical (unpaired) electrons. The Hall–Kier alpha value is -2.21. The lowest BCUT2D eigenvalue weighted by atomic mass is 10.2. The molecule has 3 nitrogen and oxygen atoms in total. The first-order valence-electron chi connectivity index (χ1n) is 7.00. The van der Waals surface area contributed by atoms with Gasteiger partial charge >= 0.3 is 6.18 Å². The van der Waals surface area contributed by atoms with Gasteiger partial charge in [0.05, 0.1) is 21.8 Å². The summed E-state index contributed by atoms with van der Waals surface area (Å²) in [5.41, 5.74) is 1.49. The number of hydrogen-bond donors (Lipinski definition) is 1. The Labute approximate surface area is 135 Å². The second kappa shape index (κ2) is 5.77. The predicted molar refractivity (Wildman–Crippen MR) is 84.3 cm³/mol. The Morgan fingerprint density at radius 3 is 2.43 bits per heavy atom. The second-order valence-corrected chi connectivity index (χ2v) is 5.46. The van der Waals surface area contributed by atoms with Crippen molar-refractivity contribution in [3.8, 4) is 0 Å². The summed E-state index contributed by atoms with van der Waals surface area (Å²) in [6.45, 7) is 1.98. The van der Waals surface area contributed by atoms with Crippen molar-refractivity contribution < 1.29 is 13.2 Å². The molecule has 23 heavy (non-hydrogen) atoms. The molecule has 0 spiro atoms. The molecule has 3 aromatic rings. The van der Waals surface area contributed by atoms with Crippen LogP contribution in [0.2, 0.25) is 5.02 Å². The van der Waals surface area contributed by atoms with Crippen molar-refractivity contribution in [2.45, 2.75) is 19.5 Å². The number of fused-ring (bicyclic) bond motifs is 1. The third-order valence-corrected chi connectivity index (χ3v) is 3.79. The standard InChI is InChI=1S/C16H13ClF3N3/c1-2-11-9-14-13(17)7-8-15(23(14)22-11)21-12-5-3-10(4-6-12)16(18,19)20/h3-9,21H,2H2,1H3. The Morgan fingerprint density at radius 1 is 1.13 bits per heavy atom. The highest BCUT2D eigenvalue weighted by atomic mass is 35.5. The number of halogens is 4. The summed E-state index contributed by atoms with van der Waals surface area (Å²) >= 11 is 6.16. The van der Waals surface area contributed by atoms with Gasteiger partial charge in [-0.3, -0.25) is 0 Å². The first kappa shape index (κ1) is 15.7. The number of aromatic nitrogens is 2. The molecule has 0 fully saturated rings. The number of nitrogens with zero attached hydrogens (tertiary/aromatic N) is 2. The van der Waals surface area contributed by atoms with Gasteiger partial charge in [0, 0.05) is 5.69 Å². The van der Waals surface area contributed by atoms with Crippen LogP contribution in [0.4, 0.5) is 24.7 Å². The van der Waals surface area contributed by atoms with Gasteiger partial charge in [0.15, 0.2) is 0 Å². The molecule has 1 N–H and O–H groups in total. The second-order valence-electron chi connectivity index (χ2n) is 5.05. The molecule has 0 unspecified atom stereocenters. The zero-order valence-corrected chi connectivity index (χ0v) is 12.9. The molecule has 2 aromatic heterocycles. The van der Waals surface area contributed by atoms with Gasteiger partial charge in [0.25, 0.3) is 0 Å². The van der Waals surface area contributed by atoms with Gasteiger partial charge in [0.2, 0.25) is 0 Å². The molecule has 0 saturated heterocycles. The van der Waals surface area contributed by atoms with Crippen molar-refractivity contribution >= 4 is 28.6 Å². The van der Waals surface area contributed by atoms with Crippen molar-refractivity contribution in [3.05, 3.63) is 58.7 Å². The van der Waals surface area contributed by atoms with E-state index in [9.17, 15) is 13.2 Å². The Balaban J connectivity index is 1.95. The zero-order valence-electron chi connectivity index (χ0n) is 12.2. The Kier molecular flexibility index (Phi) is 3.93. The fourth-order valence-electron chi connectivity index (χ4n) is 2.25. The minimum Gasteiger partial charge on any atom is -0.340 e. The molecule has 0 amide bonds. The van der Waals surface area contributed by atoms with Crippen LogP contribution >= 0.6 is 11.6 Å². The van der Waals surface area contributed by atoms with E-state index in [2.05, 4.69) is 10.4 Å². The van der Waals surface area contributed by atoms with E-state index in [-0.39, 0.29) is 0 Å². The van der Waals surface area contributed by atoms with E-state index in [0.717, 1.165) is 29.8 Å². The maximum atomic E-state index is 12.6. The molecule has 3 rings (SSSR count). The van der Waals surface area contributed by atoms with E-state index in [1.165, 1.54) is 12.1 Å². The van der Waals surface area contributed by atoms with Crippen LogP contribution in [0.1, 0.15) is 18.2 Å². The van der Waals surface area contributed by atoms with Crippen LogP contribution in [0.25, 0.3) is 5.52 Å². The van der Waals surface area contributed by atoms with E-state index < -0.39 is 11.7 Å². The summed E-state index contributed by atoms with van der Waals surface area (Å²) in [7, 11) is 0. The monoisotopic (exact) mass is 339 g/mol. The van der Waals surface area contributed by atoms with Gasteiger partial charge < -0.3 is 5.32 Å². The molecule has 0 bridgehead atoms. The highest BCUT2D eigenvalue weighted by Gasteiger charge is 2.29. The minimum absolute atomic E-state index is 0.537. The smallest absolute Gasteiger partial charge is 0.340 e. The number of nitrogens with one attached hydrogen (secondary N) is 1. The van der Waals surface area contributed by atoms with E-state index >= 15 is 0 Å². The molecule has 0 atom stereocenters. The first-order chi connectivity index (χ1) is 10.9. The lowest BCUT2D eigenvalue weighted by molar-refractivity contribution is -0.137. The molecular formula is C16H13ClF3N3. The maximum Gasteiger partial charge on any atom is 0.416 e. The largest absolute Gasteiger partial charge is 0.416 e. The number of rotatable bonds is 3. The van der Waals surface area contributed by atoms with E-state index in [4.69, 9.17) is 11.6 Å². The number of alkyl halides is 3. The fraction of sp³-hybridized carbons (Fsp3) is 0.188. The van der Waals surface area contributed by atoms with Crippen LogP contribution in [-0.2, 0) is 12.6 Å². The van der Waals surface area contributed by atoms with Crippen molar-refractivity contribution in [1.82, 2.24) is 9.61 Å². The van der Waals surface area contributed by atoms with Crippen LogP contribution < -0.4 is 5.32 Å². The molecule has 0 aliphatic carbocycles. The third-order valence-electron chi connectivity index (χ3n) is 3.47. The number of anilines is 2. The van der Waals surface area contributed by atoms with Crippen LogP contribution in [0, 0.1) is 0 Å². The highest BCUT2D eigenvalue weighted by molar-refractivity contribution is 6.33. The maximum absolute atomic E-state index is 12.6. The number of aryl methyl sites for hydroxylation is 1. The normalized spacial score (nSPS) is 11.9. The fourth-order valence-corrected chi connectivity index (χ4v) is 2.45. The van der Waals surface area contributed by atoms with Crippen LogP contribution in [0.15, 0.2) is 42.5 Å². The van der Waals surface area contributed by atoms with Gasteiger partial charge in [-0.25, -0.2) is 4.52 Å². The van der Waals surface area contributed by atoms with Crippen LogP contribution in [-0.4, -0.2) is 9.61 Å². The molecular weight excluding hydrogens is 327 g/mol. The molecule has 7 heteroatoms. The predicted octanol–water partition coefficient (Wildman–Crippen LogP) is 5.31. The van der Waals surface area contributed by atoms with Crippen molar-refractivity contribution in [2.24, 2.45) is 0 Å². The van der Waals surface area contributed by atoms with E-state index in [0.29, 0.717) is 16.5 Å². The highest BCUT2D eigenvalue weighted by Crippen LogP contribution is 2.31. The molecule has 0 saturated carbocycles. The van der Waals surface area contributed by atoms with Gasteiger partial charge in [0.1, 0.15) is 5.82 Å². The third kappa shape index (κ3) is 3.12. The van der Waals surface area contributed by atoms with Crippen molar-refractivity contribution in [2.75, 3.05) is 5.32 Å². The summed E-state index contributed by atoms with van der Waals surface area (Å²) in [5, 5.41) is 8.06. The minimum atomic E-state index is -4.34. The quantitative estimate of drug-likeness (QED) is 0.700. The SMILES string of the molecule is CCc1cc2c(Cl)ccc(Nc3ccc(C(F)(F)F)cc3)n2n1. The lowest BCUT2D eigenvalue weighted by Gasteiger charge is -2.11. The van der Waals surface area contributed by atoms with Crippen molar-refractivity contribution in [3.63, 3.8) is 0 Å². The van der Waals surface area contributed by atoms with Crippen molar-refractivity contribution in [1.29, 1.82) is 0 Å².